The second-order valence-corrected chi connectivity index (χ2v) is 8.20. The lowest BCUT2D eigenvalue weighted by Gasteiger charge is -2.09. The number of fused-ring (bicyclic) bond motifs is 1. The minimum Gasteiger partial charge on any atom is -0.465 e. The van der Waals surface area contributed by atoms with Gasteiger partial charge in [0.25, 0.3) is 0 Å². The molecular weight excluding hydrogens is 446 g/mol. The number of carbonyl (C=O) groups is 1. The fourth-order valence-electron chi connectivity index (χ4n) is 3.77. The highest BCUT2D eigenvalue weighted by atomic mass is 35.5. The molecule has 0 aliphatic heterocycles. The topological polar surface area (TPSA) is 56.3 Å². The van der Waals surface area contributed by atoms with Crippen molar-refractivity contribution in [3.8, 4) is 0 Å². The molecule has 4 rings (SSSR count). The number of halogens is 1. The molecule has 1 aromatic heterocycles. The van der Waals surface area contributed by atoms with Gasteiger partial charge in [0.1, 0.15) is 5.94 Å². The molecule has 0 aliphatic rings. The zero-order chi connectivity index (χ0) is 23.9. The van der Waals surface area contributed by atoms with Crippen LogP contribution in [0.15, 0.2) is 78.9 Å². The summed E-state index contributed by atoms with van der Waals surface area (Å²) in [6, 6.07) is 24.6. The fourth-order valence-corrected chi connectivity index (χ4v) is 3.94. The van der Waals surface area contributed by atoms with Crippen molar-refractivity contribution in [3.05, 3.63) is 112 Å². The van der Waals surface area contributed by atoms with Gasteiger partial charge in [-0.3, -0.25) is 0 Å². The van der Waals surface area contributed by atoms with Crippen LogP contribution in [0.25, 0.3) is 28.6 Å². The number of allylic oxidation sites excluding steroid dienone is 1. The summed E-state index contributed by atoms with van der Waals surface area (Å²) in [5.41, 5.74) is 5.27. The van der Waals surface area contributed by atoms with Crippen LogP contribution >= 0.6 is 11.6 Å². The molecule has 0 spiro atoms. The van der Waals surface area contributed by atoms with Crippen LogP contribution in [0.2, 0.25) is 5.02 Å². The summed E-state index contributed by atoms with van der Waals surface area (Å²) in [7, 11) is 1.36. The number of carbonyl (C=O) groups excluding carboxylic acids is 2. The Morgan fingerprint density at radius 2 is 1.82 bits per heavy atom. The van der Waals surface area contributed by atoms with Crippen LogP contribution in [0.5, 0.6) is 0 Å². The summed E-state index contributed by atoms with van der Waals surface area (Å²) >= 11 is 6.09. The quantitative estimate of drug-likeness (QED) is 0.224. The van der Waals surface area contributed by atoms with E-state index in [4.69, 9.17) is 16.3 Å². The predicted octanol–water partition coefficient (Wildman–Crippen LogP) is 6.69. The van der Waals surface area contributed by atoms with Gasteiger partial charge in [0.15, 0.2) is 0 Å². The molecular formula is C29H22ClNO3. The van der Waals surface area contributed by atoms with Crippen molar-refractivity contribution < 1.29 is 14.3 Å². The van der Waals surface area contributed by atoms with E-state index < -0.39 is 0 Å². The van der Waals surface area contributed by atoms with E-state index in [0.29, 0.717) is 29.0 Å². The van der Waals surface area contributed by atoms with E-state index in [1.807, 2.05) is 78.9 Å². The molecule has 5 heteroatoms. The number of ether oxygens (including phenoxy) is 1. The number of pyridine rings is 1. The van der Waals surface area contributed by atoms with E-state index in [-0.39, 0.29) is 5.97 Å². The maximum atomic E-state index is 12.0. The summed E-state index contributed by atoms with van der Waals surface area (Å²) in [4.78, 5) is 28.4. The molecule has 0 saturated heterocycles. The van der Waals surface area contributed by atoms with E-state index in [2.05, 4.69) is 10.9 Å². The second kappa shape index (κ2) is 10.8. The number of methoxy groups -OCH3 is 1. The summed E-state index contributed by atoms with van der Waals surface area (Å²) < 4.78 is 4.86. The van der Waals surface area contributed by atoms with Crippen LogP contribution < -0.4 is 0 Å². The van der Waals surface area contributed by atoms with Gasteiger partial charge in [-0.1, -0.05) is 66.2 Å². The van der Waals surface area contributed by atoms with E-state index in [1.165, 1.54) is 7.11 Å². The SMILES string of the molecule is COC(=O)c1ccccc1CCC(=C=O)c1cccc(C=Cc2ccc3ccc(Cl)cc3n2)c1. The van der Waals surface area contributed by atoms with Gasteiger partial charge >= 0.3 is 5.97 Å². The van der Waals surface area contributed by atoms with Gasteiger partial charge in [-0.05, 0) is 65.9 Å². The molecule has 0 radical (unpaired) electrons. The Morgan fingerprint density at radius 3 is 2.65 bits per heavy atom. The second-order valence-electron chi connectivity index (χ2n) is 7.76. The zero-order valence-corrected chi connectivity index (χ0v) is 19.4. The third-order valence-corrected chi connectivity index (χ3v) is 5.78. The molecule has 34 heavy (non-hydrogen) atoms. The highest BCUT2D eigenvalue weighted by molar-refractivity contribution is 6.31. The smallest absolute Gasteiger partial charge is 0.338 e. The first-order valence-electron chi connectivity index (χ1n) is 10.8. The highest BCUT2D eigenvalue weighted by Gasteiger charge is 2.12. The normalized spacial score (nSPS) is 10.9. The summed E-state index contributed by atoms with van der Waals surface area (Å²) in [6.45, 7) is 0. The third kappa shape index (κ3) is 5.49. The van der Waals surface area contributed by atoms with Crippen LogP contribution in [0.3, 0.4) is 0 Å². The molecule has 0 amide bonds. The Kier molecular flexibility index (Phi) is 7.34. The lowest BCUT2D eigenvalue weighted by atomic mass is 9.96. The Morgan fingerprint density at radius 1 is 1.00 bits per heavy atom. The lowest BCUT2D eigenvalue weighted by Crippen LogP contribution is -2.05. The van der Waals surface area contributed by atoms with Crippen molar-refractivity contribution in [2.24, 2.45) is 0 Å². The van der Waals surface area contributed by atoms with Gasteiger partial charge in [-0.25, -0.2) is 14.6 Å². The Hall–Kier alpha value is -3.98. The molecule has 0 aliphatic carbocycles. The van der Waals surface area contributed by atoms with Crippen molar-refractivity contribution in [3.63, 3.8) is 0 Å². The number of rotatable bonds is 7. The number of hydrogen-bond donors (Lipinski definition) is 0. The van der Waals surface area contributed by atoms with Crippen LogP contribution in [-0.4, -0.2) is 24.0 Å². The molecule has 168 valence electrons. The average molecular weight is 468 g/mol. The van der Waals surface area contributed by atoms with Crippen LogP contribution in [0, 0.1) is 0 Å². The molecule has 0 fully saturated rings. The molecule has 1 heterocycles. The van der Waals surface area contributed by atoms with Gasteiger partial charge < -0.3 is 4.74 Å². The molecule has 0 unspecified atom stereocenters. The van der Waals surface area contributed by atoms with Crippen molar-refractivity contribution in [2.45, 2.75) is 12.8 Å². The zero-order valence-electron chi connectivity index (χ0n) is 18.6. The van der Waals surface area contributed by atoms with E-state index in [9.17, 15) is 9.59 Å². The number of hydrogen-bond acceptors (Lipinski definition) is 4. The lowest BCUT2D eigenvalue weighted by molar-refractivity contribution is 0.0599. The largest absolute Gasteiger partial charge is 0.465 e. The van der Waals surface area contributed by atoms with Crippen molar-refractivity contribution in [1.29, 1.82) is 0 Å². The van der Waals surface area contributed by atoms with Gasteiger partial charge in [-0.15, -0.1) is 0 Å². The number of nitrogens with zero attached hydrogens (tertiary/aromatic N) is 1. The molecule has 0 bridgehead atoms. The Balaban J connectivity index is 1.51. The number of benzene rings is 3. The summed E-state index contributed by atoms with van der Waals surface area (Å²) in [6.07, 6.45) is 4.87. The van der Waals surface area contributed by atoms with Gasteiger partial charge in [0.2, 0.25) is 0 Å². The van der Waals surface area contributed by atoms with Crippen LogP contribution in [0.4, 0.5) is 0 Å². The molecule has 0 saturated carbocycles. The van der Waals surface area contributed by atoms with E-state index in [0.717, 1.165) is 33.3 Å². The average Bonchev–Trinajstić information content (AvgIpc) is 2.87. The van der Waals surface area contributed by atoms with E-state index >= 15 is 0 Å². The monoisotopic (exact) mass is 467 g/mol. The van der Waals surface area contributed by atoms with Crippen LogP contribution in [-0.2, 0) is 16.0 Å². The first kappa shape index (κ1) is 23.2. The summed E-state index contributed by atoms with van der Waals surface area (Å²) in [5, 5.41) is 1.68. The Labute approximate surface area is 203 Å². The van der Waals surface area contributed by atoms with E-state index in [1.54, 1.807) is 12.1 Å². The Bertz CT molecular complexity index is 1430. The predicted molar refractivity (Wildman–Crippen MR) is 137 cm³/mol. The van der Waals surface area contributed by atoms with Gasteiger partial charge in [0.05, 0.1) is 23.9 Å². The van der Waals surface area contributed by atoms with Crippen molar-refractivity contribution in [2.75, 3.05) is 7.11 Å². The standard InChI is InChI=1S/C29H22ClNO3/c1-34-29(33)27-8-3-2-6-21(27)10-11-24(19-32)23-7-4-5-20(17-23)9-15-26-16-13-22-12-14-25(30)18-28(22)31-26/h2-9,12-18H,10-11H2,1H3. The molecule has 0 atom stereocenters. The number of esters is 1. The fraction of sp³-hybridized carbons (Fsp3) is 0.103. The van der Waals surface area contributed by atoms with Gasteiger partial charge in [0, 0.05) is 16.0 Å². The first-order chi connectivity index (χ1) is 16.6. The van der Waals surface area contributed by atoms with Crippen molar-refractivity contribution in [1.82, 2.24) is 4.98 Å². The molecule has 4 nitrogen and oxygen atoms in total. The van der Waals surface area contributed by atoms with Gasteiger partial charge in [-0.2, -0.15) is 0 Å². The third-order valence-electron chi connectivity index (χ3n) is 5.55. The molecule has 0 N–H and O–H groups in total. The molecule has 4 aromatic rings. The molecule has 3 aromatic carbocycles. The van der Waals surface area contributed by atoms with Crippen LogP contribution in [0.1, 0.15) is 39.2 Å². The minimum atomic E-state index is -0.385. The maximum absolute atomic E-state index is 12.0. The maximum Gasteiger partial charge on any atom is 0.338 e. The minimum absolute atomic E-state index is 0.385. The number of aromatic nitrogens is 1. The first-order valence-corrected chi connectivity index (χ1v) is 11.2. The van der Waals surface area contributed by atoms with Crippen molar-refractivity contribution >= 4 is 52.1 Å². The number of aryl methyl sites for hydroxylation is 1. The highest BCUT2D eigenvalue weighted by Crippen LogP contribution is 2.23. The summed E-state index contributed by atoms with van der Waals surface area (Å²) in [5.74, 6) is 1.69.